The molecular weight excluding hydrogens is 510 g/mol. The summed E-state index contributed by atoms with van der Waals surface area (Å²) < 4.78 is 9.99. The molecule has 4 aromatic rings. The van der Waals surface area contributed by atoms with Gasteiger partial charge in [-0.15, -0.1) is 0 Å². The molecule has 2 atom stereocenters. The average Bonchev–Trinajstić information content (AvgIpc) is 3.51. The number of ether oxygens (including phenoxy) is 1. The molecule has 3 aromatic carbocycles. The standard InChI is InChI=1S/C31H23N3O6/c1-16-14-23(33-40-16)32-24(35)15-39-31(38)17-10-12-18(13-11-17)34-29(36)27-25-19-6-2-3-7-20(19)26(28(27)30(34)37)22-9-5-4-8-21(22)25/h2-14,25-28H,15H2,1H3,(H,32,33,35)/t25?,26?,27-,28-/m0/s1. The molecule has 2 bridgehead atoms. The Balaban J connectivity index is 1.11. The lowest BCUT2D eigenvalue weighted by Crippen LogP contribution is -2.41. The minimum atomic E-state index is -0.713. The Bertz CT molecular complexity index is 1590. The van der Waals surface area contributed by atoms with Crippen LogP contribution >= 0.6 is 0 Å². The van der Waals surface area contributed by atoms with Crippen LogP contribution in [0, 0.1) is 18.8 Å². The van der Waals surface area contributed by atoms with Crippen molar-refractivity contribution < 1.29 is 28.4 Å². The molecule has 9 heteroatoms. The maximum atomic E-state index is 13.9. The van der Waals surface area contributed by atoms with Crippen LogP contribution in [0.25, 0.3) is 0 Å². The molecule has 1 saturated heterocycles. The van der Waals surface area contributed by atoms with Crippen LogP contribution in [0.3, 0.4) is 0 Å². The number of aromatic nitrogens is 1. The number of hydrogen-bond acceptors (Lipinski definition) is 7. The van der Waals surface area contributed by atoms with Crippen molar-refractivity contribution in [1.29, 1.82) is 0 Å². The first kappa shape index (κ1) is 24.0. The number of carbonyl (C=O) groups excluding carboxylic acids is 4. The minimum absolute atomic E-state index is 0.185. The number of nitrogens with one attached hydrogen (secondary N) is 1. The molecule has 1 N–H and O–H groups in total. The monoisotopic (exact) mass is 533 g/mol. The Morgan fingerprint density at radius 2 is 1.38 bits per heavy atom. The summed E-state index contributed by atoms with van der Waals surface area (Å²) in [7, 11) is 0. The lowest BCUT2D eigenvalue weighted by atomic mass is 9.55. The number of imide groups is 1. The van der Waals surface area contributed by atoms with Crippen molar-refractivity contribution in [3.05, 3.63) is 112 Å². The Morgan fingerprint density at radius 3 is 1.85 bits per heavy atom. The first-order valence-corrected chi connectivity index (χ1v) is 13.0. The number of benzene rings is 3. The van der Waals surface area contributed by atoms with Crippen molar-refractivity contribution in [2.45, 2.75) is 18.8 Å². The van der Waals surface area contributed by atoms with E-state index in [1.165, 1.54) is 17.0 Å². The van der Waals surface area contributed by atoms with Crippen LogP contribution < -0.4 is 10.2 Å². The second kappa shape index (κ2) is 9.01. The number of carbonyl (C=O) groups is 4. The van der Waals surface area contributed by atoms with Crippen LogP contribution in [0.2, 0.25) is 0 Å². The lowest BCUT2D eigenvalue weighted by molar-refractivity contribution is -0.122. The highest BCUT2D eigenvalue weighted by molar-refractivity contribution is 6.23. The van der Waals surface area contributed by atoms with Crippen LogP contribution in [0.5, 0.6) is 0 Å². The number of aryl methyl sites for hydroxylation is 1. The molecule has 0 spiro atoms. The van der Waals surface area contributed by atoms with Crippen molar-refractivity contribution in [3.8, 4) is 0 Å². The largest absolute Gasteiger partial charge is 0.452 e. The number of rotatable bonds is 5. The Morgan fingerprint density at radius 1 is 0.850 bits per heavy atom. The van der Waals surface area contributed by atoms with Crippen LogP contribution in [0.4, 0.5) is 11.5 Å². The summed E-state index contributed by atoms with van der Waals surface area (Å²) >= 11 is 0. The van der Waals surface area contributed by atoms with Crippen LogP contribution in [-0.4, -0.2) is 35.5 Å². The number of esters is 1. The van der Waals surface area contributed by atoms with Gasteiger partial charge in [0.15, 0.2) is 12.4 Å². The lowest BCUT2D eigenvalue weighted by Gasteiger charge is -2.45. The molecule has 0 radical (unpaired) electrons. The van der Waals surface area contributed by atoms with Crippen molar-refractivity contribution in [1.82, 2.24) is 5.16 Å². The van der Waals surface area contributed by atoms with E-state index in [4.69, 9.17) is 9.26 Å². The van der Waals surface area contributed by atoms with Gasteiger partial charge in [0.25, 0.3) is 5.91 Å². The van der Waals surface area contributed by atoms with Gasteiger partial charge in [0.2, 0.25) is 11.8 Å². The molecule has 0 unspecified atom stereocenters. The highest BCUT2D eigenvalue weighted by atomic mass is 16.5. The second-order valence-corrected chi connectivity index (χ2v) is 10.3. The van der Waals surface area contributed by atoms with Gasteiger partial charge in [-0.1, -0.05) is 53.7 Å². The average molecular weight is 534 g/mol. The molecule has 198 valence electrons. The van der Waals surface area contributed by atoms with Crippen molar-refractivity contribution in [2.75, 3.05) is 16.8 Å². The van der Waals surface area contributed by atoms with Crippen molar-refractivity contribution >= 4 is 35.2 Å². The third-order valence-corrected chi connectivity index (χ3v) is 8.04. The van der Waals surface area contributed by atoms with Crippen LogP contribution in [-0.2, 0) is 19.1 Å². The number of anilines is 2. The molecule has 2 heterocycles. The van der Waals surface area contributed by atoms with E-state index in [2.05, 4.69) is 34.7 Å². The first-order valence-electron chi connectivity index (χ1n) is 13.0. The highest BCUT2D eigenvalue weighted by Crippen LogP contribution is 2.61. The SMILES string of the molecule is Cc1cc(NC(=O)COC(=O)c2ccc(N3C(=O)[C@H]4C5c6ccccc6C(c6ccccc65)[C@@H]4C3=O)cc2)no1. The maximum absolute atomic E-state index is 13.9. The second-order valence-electron chi connectivity index (χ2n) is 10.3. The molecule has 9 nitrogen and oxygen atoms in total. The summed E-state index contributed by atoms with van der Waals surface area (Å²) in [6.45, 7) is 1.18. The number of amides is 3. The maximum Gasteiger partial charge on any atom is 0.338 e. The fourth-order valence-corrected chi connectivity index (χ4v) is 6.50. The zero-order valence-electron chi connectivity index (χ0n) is 21.4. The normalized spacial score (nSPS) is 22.0. The smallest absolute Gasteiger partial charge is 0.338 e. The van der Waals surface area contributed by atoms with Crippen LogP contribution in [0.1, 0.15) is 50.2 Å². The molecular formula is C31H23N3O6. The number of nitrogens with zero attached hydrogens (tertiary/aromatic N) is 2. The van der Waals surface area contributed by atoms with E-state index in [0.29, 0.717) is 11.4 Å². The van der Waals surface area contributed by atoms with Gasteiger partial charge in [-0.3, -0.25) is 14.4 Å². The Kier molecular flexibility index (Phi) is 5.41. The number of hydrogen-bond donors (Lipinski definition) is 1. The minimum Gasteiger partial charge on any atom is -0.452 e. The highest BCUT2D eigenvalue weighted by Gasteiger charge is 2.61. The van der Waals surface area contributed by atoms with Gasteiger partial charge < -0.3 is 14.6 Å². The Hall–Kier alpha value is -5.05. The summed E-state index contributed by atoms with van der Waals surface area (Å²) in [6.07, 6.45) is 0. The third-order valence-electron chi connectivity index (χ3n) is 8.04. The molecule has 4 aliphatic rings. The summed E-state index contributed by atoms with van der Waals surface area (Å²) in [5.74, 6) is -2.34. The Labute approximate surface area is 228 Å². The molecule has 1 aliphatic heterocycles. The molecule has 1 aromatic heterocycles. The summed E-state index contributed by atoms with van der Waals surface area (Å²) in [4.78, 5) is 53.6. The predicted molar refractivity (Wildman–Crippen MR) is 143 cm³/mol. The van der Waals surface area contributed by atoms with Gasteiger partial charge in [-0.25, -0.2) is 9.69 Å². The zero-order valence-corrected chi connectivity index (χ0v) is 21.4. The molecule has 40 heavy (non-hydrogen) atoms. The summed E-state index contributed by atoms with van der Waals surface area (Å²) in [5, 5.41) is 6.13. The fraction of sp³-hybridized carbons (Fsp3) is 0.194. The molecule has 8 rings (SSSR count). The summed E-state index contributed by atoms with van der Waals surface area (Å²) in [5.41, 5.74) is 5.01. The van der Waals surface area contributed by atoms with E-state index >= 15 is 0 Å². The van der Waals surface area contributed by atoms with E-state index in [9.17, 15) is 19.2 Å². The quantitative estimate of drug-likeness (QED) is 0.302. The molecule has 3 aliphatic carbocycles. The van der Waals surface area contributed by atoms with E-state index in [1.54, 1.807) is 25.1 Å². The van der Waals surface area contributed by atoms with E-state index in [0.717, 1.165) is 22.3 Å². The van der Waals surface area contributed by atoms with Gasteiger partial charge in [0.05, 0.1) is 23.1 Å². The van der Waals surface area contributed by atoms with E-state index in [-0.39, 0.29) is 35.0 Å². The van der Waals surface area contributed by atoms with Crippen molar-refractivity contribution in [3.63, 3.8) is 0 Å². The third kappa shape index (κ3) is 3.58. The molecule has 3 amide bonds. The van der Waals surface area contributed by atoms with Gasteiger partial charge in [-0.05, 0) is 53.4 Å². The molecule has 1 fully saturated rings. The van der Waals surface area contributed by atoms with Gasteiger partial charge >= 0.3 is 5.97 Å². The first-order chi connectivity index (χ1) is 19.4. The molecule has 0 saturated carbocycles. The van der Waals surface area contributed by atoms with E-state index < -0.39 is 30.3 Å². The van der Waals surface area contributed by atoms with Crippen molar-refractivity contribution in [2.24, 2.45) is 11.8 Å². The fourth-order valence-electron chi connectivity index (χ4n) is 6.50. The predicted octanol–water partition coefficient (Wildman–Crippen LogP) is 4.18. The van der Waals surface area contributed by atoms with Gasteiger partial charge in [0, 0.05) is 17.9 Å². The summed E-state index contributed by atoms with van der Waals surface area (Å²) in [6, 6.07) is 23.8. The topological polar surface area (TPSA) is 119 Å². The van der Waals surface area contributed by atoms with Gasteiger partial charge in [0.1, 0.15) is 5.76 Å². The van der Waals surface area contributed by atoms with Crippen LogP contribution in [0.15, 0.2) is 83.4 Å². The zero-order chi connectivity index (χ0) is 27.5. The van der Waals surface area contributed by atoms with Gasteiger partial charge in [-0.2, -0.15) is 0 Å². The van der Waals surface area contributed by atoms with E-state index in [1.807, 2.05) is 24.3 Å².